The Hall–Kier alpha value is -0.670. The normalized spacial score (nSPS) is 12.7. The Morgan fingerprint density at radius 2 is 2.00 bits per heavy atom. The van der Waals surface area contributed by atoms with Gasteiger partial charge in [0.25, 0.3) is 0 Å². The largest absolute Gasteiger partial charge is 0.496 e. The van der Waals surface area contributed by atoms with E-state index in [0.717, 1.165) is 24.0 Å². The van der Waals surface area contributed by atoms with Crippen LogP contribution in [0, 0.1) is 5.92 Å². The molecule has 0 bridgehead atoms. The van der Waals surface area contributed by atoms with Crippen molar-refractivity contribution in [2.24, 2.45) is 5.92 Å². The van der Waals surface area contributed by atoms with Crippen molar-refractivity contribution in [2.75, 3.05) is 12.9 Å². The zero-order valence-corrected chi connectivity index (χ0v) is 14.3. The molecule has 1 N–H and O–H groups in total. The summed E-state index contributed by atoms with van der Waals surface area (Å²) in [5.74, 6) is 4.05. The van der Waals surface area contributed by atoms with Crippen molar-refractivity contribution in [3.8, 4) is 5.75 Å². The first-order valence-corrected chi connectivity index (χ1v) is 8.69. The van der Waals surface area contributed by atoms with Crippen LogP contribution in [-0.4, -0.2) is 18.9 Å². The van der Waals surface area contributed by atoms with Crippen LogP contribution in [0.5, 0.6) is 5.75 Å². The fourth-order valence-corrected chi connectivity index (χ4v) is 3.07. The van der Waals surface area contributed by atoms with Gasteiger partial charge in [-0.05, 0) is 29.4 Å². The van der Waals surface area contributed by atoms with Crippen molar-refractivity contribution in [2.45, 2.75) is 52.5 Å². The third kappa shape index (κ3) is 6.19. The summed E-state index contributed by atoms with van der Waals surface area (Å²) >= 11 is 2.00. The summed E-state index contributed by atoms with van der Waals surface area (Å²) in [5.41, 5.74) is 2.64. The number of hydrogen-bond acceptors (Lipinski definition) is 3. The molecule has 2 nitrogen and oxygen atoms in total. The van der Waals surface area contributed by atoms with Gasteiger partial charge >= 0.3 is 0 Å². The highest BCUT2D eigenvalue weighted by Crippen LogP contribution is 2.26. The quantitative estimate of drug-likeness (QED) is 0.726. The van der Waals surface area contributed by atoms with E-state index in [0.29, 0.717) is 6.04 Å². The maximum absolute atomic E-state index is 5.48. The lowest BCUT2D eigenvalue weighted by atomic mass is 10.1. The SMILES string of the molecule is CCC(C)CSCc1cc(CNC(C)C)ccc1OC. The summed E-state index contributed by atoms with van der Waals surface area (Å²) in [6.07, 6.45) is 1.25. The summed E-state index contributed by atoms with van der Waals surface area (Å²) in [6.45, 7) is 9.83. The molecule has 20 heavy (non-hydrogen) atoms. The van der Waals surface area contributed by atoms with E-state index in [-0.39, 0.29) is 0 Å². The van der Waals surface area contributed by atoms with E-state index in [4.69, 9.17) is 4.74 Å². The molecule has 0 saturated heterocycles. The predicted octanol–water partition coefficient (Wildman–Crippen LogP) is 4.47. The van der Waals surface area contributed by atoms with Gasteiger partial charge in [0, 0.05) is 23.9 Å². The molecule has 3 heteroatoms. The molecule has 0 spiro atoms. The first kappa shape index (κ1) is 17.4. The van der Waals surface area contributed by atoms with Crippen LogP contribution in [0.15, 0.2) is 18.2 Å². The summed E-state index contributed by atoms with van der Waals surface area (Å²) < 4.78 is 5.48. The maximum Gasteiger partial charge on any atom is 0.122 e. The van der Waals surface area contributed by atoms with Gasteiger partial charge < -0.3 is 10.1 Å². The van der Waals surface area contributed by atoms with Crippen LogP contribution in [0.4, 0.5) is 0 Å². The van der Waals surface area contributed by atoms with Crippen LogP contribution in [0.25, 0.3) is 0 Å². The molecular weight excluding hydrogens is 266 g/mol. The average molecular weight is 295 g/mol. The minimum atomic E-state index is 0.514. The van der Waals surface area contributed by atoms with Crippen LogP contribution < -0.4 is 10.1 Å². The molecule has 0 heterocycles. The molecule has 0 aliphatic heterocycles. The van der Waals surface area contributed by atoms with Gasteiger partial charge in [0.15, 0.2) is 0 Å². The molecule has 0 radical (unpaired) electrons. The Bertz CT molecular complexity index is 393. The van der Waals surface area contributed by atoms with Crippen LogP contribution >= 0.6 is 11.8 Å². The molecule has 0 saturated carbocycles. The number of methoxy groups -OCH3 is 1. The zero-order chi connectivity index (χ0) is 15.0. The van der Waals surface area contributed by atoms with Crippen molar-refractivity contribution < 1.29 is 4.74 Å². The van der Waals surface area contributed by atoms with Gasteiger partial charge in [-0.1, -0.05) is 40.2 Å². The fraction of sp³-hybridized carbons (Fsp3) is 0.647. The number of hydrogen-bond donors (Lipinski definition) is 1. The highest BCUT2D eigenvalue weighted by molar-refractivity contribution is 7.98. The van der Waals surface area contributed by atoms with Gasteiger partial charge in [-0.25, -0.2) is 0 Å². The molecule has 1 aromatic carbocycles. The van der Waals surface area contributed by atoms with E-state index in [1.54, 1.807) is 7.11 Å². The minimum Gasteiger partial charge on any atom is -0.496 e. The van der Waals surface area contributed by atoms with Gasteiger partial charge in [0.2, 0.25) is 0 Å². The van der Waals surface area contributed by atoms with E-state index in [2.05, 4.69) is 51.2 Å². The highest BCUT2D eigenvalue weighted by atomic mass is 32.2. The van der Waals surface area contributed by atoms with Crippen LogP contribution in [0.2, 0.25) is 0 Å². The molecule has 1 unspecified atom stereocenters. The van der Waals surface area contributed by atoms with Gasteiger partial charge in [0.05, 0.1) is 7.11 Å². The molecule has 1 rings (SSSR count). The zero-order valence-electron chi connectivity index (χ0n) is 13.5. The topological polar surface area (TPSA) is 21.3 Å². The number of nitrogens with one attached hydrogen (secondary N) is 1. The van der Waals surface area contributed by atoms with E-state index in [1.165, 1.54) is 23.3 Å². The van der Waals surface area contributed by atoms with E-state index >= 15 is 0 Å². The Kier molecular flexibility index (Phi) is 8.08. The summed E-state index contributed by atoms with van der Waals surface area (Å²) in [5, 5.41) is 3.46. The Balaban J connectivity index is 2.63. The molecule has 0 aromatic heterocycles. The van der Waals surface area contributed by atoms with Crippen LogP contribution in [0.1, 0.15) is 45.2 Å². The minimum absolute atomic E-state index is 0.514. The van der Waals surface area contributed by atoms with Crippen LogP contribution in [0.3, 0.4) is 0 Å². The molecule has 1 aromatic rings. The Morgan fingerprint density at radius 1 is 1.25 bits per heavy atom. The summed E-state index contributed by atoms with van der Waals surface area (Å²) in [6, 6.07) is 7.03. The van der Waals surface area contributed by atoms with Crippen molar-refractivity contribution in [3.05, 3.63) is 29.3 Å². The molecule has 0 aliphatic rings. The number of thioether (sulfide) groups is 1. The molecule has 0 amide bonds. The van der Waals surface area contributed by atoms with Crippen molar-refractivity contribution in [1.29, 1.82) is 0 Å². The van der Waals surface area contributed by atoms with Gasteiger partial charge in [-0.2, -0.15) is 11.8 Å². The Morgan fingerprint density at radius 3 is 2.60 bits per heavy atom. The molecular formula is C17H29NOS. The van der Waals surface area contributed by atoms with Crippen molar-refractivity contribution in [3.63, 3.8) is 0 Å². The third-order valence-corrected chi connectivity index (χ3v) is 4.74. The Labute approximate surface area is 128 Å². The second kappa shape index (κ2) is 9.30. The smallest absolute Gasteiger partial charge is 0.122 e. The van der Waals surface area contributed by atoms with Crippen molar-refractivity contribution >= 4 is 11.8 Å². The maximum atomic E-state index is 5.48. The molecule has 0 aliphatic carbocycles. The van der Waals surface area contributed by atoms with E-state index in [1.807, 2.05) is 11.8 Å². The second-order valence-electron chi connectivity index (χ2n) is 5.71. The fourth-order valence-electron chi connectivity index (χ4n) is 1.86. The number of rotatable bonds is 9. The number of ether oxygens (including phenoxy) is 1. The van der Waals surface area contributed by atoms with E-state index in [9.17, 15) is 0 Å². The van der Waals surface area contributed by atoms with Gasteiger partial charge in [0.1, 0.15) is 5.75 Å². The molecule has 0 fully saturated rings. The average Bonchev–Trinajstić information content (AvgIpc) is 2.45. The van der Waals surface area contributed by atoms with Gasteiger partial charge in [-0.3, -0.25) is 0 Å². The second-order valence-corrected chi connectivity index (χ2v) is 6.74. The first-order chi connectivity index (χ1) is 9.56. The lowest BCUT2D eigenvalue weighted by molar-refractivity contribution is 0.411. The number of benzene rings is 1. The van der Waals surface area contributed by atoms with Gasteiger partial charge in [-0.15, -0.1) is 0 Å². The highest BCUT2D eigenvalue weighted by Gasteiger charge is 2.07. The monoisotopic (exact) mass is 295 g/mol. The molecule has 114 valence electrons. The first-order valence-electron chi connectivity index (χ1n) is 7.53. The summed E-state index contributed by atoms with van der Waals surface area (Å²) in [4.78, 5) is 0. The lowest BCUT2D eigenvalue weighted by Crippen LogP contribution is -2.21. The standard InChI is InChI=1S/C17H29NOS/c1-6-14(4)11-20-12-16-9-15(10-18-13(2)3)7-8-17(16)19-5/h7-9,13-14,18H,6,10-12H2,1-5H3. The predicted molar refractivity (Wildman–Crippen MR) is 90.6 cm³/mol. The summed E-state index contributed by atoms with van der Waals surface area (Å²) in [7, 11) is 1.75. The van der Waals surface area contributed by atoms with Crippen LogP contribution in [-0.2, 0) is 12.3 Å². The van der Waals surface area contributed by atoms with Crippen molar-refractivity contribution in [1.82, 2.24) is 5.32 Å². The molecule has 1 atom stereocenters. The third-order valence-electron chi connectivity index (χ3n) is 3.42. The lowest BCUT2D eigenvalue weighted by Gasteiger charge is -2.13. The van der Waals surface area contributed by atoms with E-state index < -0.39 is 0 Å².